The van der Waals surface area contributed by atoms with Gasteiger partial charge < -0.3 is 10.1 Å². The summed E-state index contributed by atoms with van der Waals surface area (Å²) in [5, 5.41) is 3.58. The first-order valence-corrected chi connectivity index (χ1v) is 8.22. The number of likely N-dealkylation sites (tertiary alicyclic amines) is 1. The maximum atomic E-state index is 5.93. The van der Waals surface area contributed by atoms with Gasteiger partial charge in [-0.25, -0.2) is 0 Å². The molecule has 4 unspecified atom stereocenters. The molecule has 0 aromatic heterocycles. The second-order valence-corrected chi connectivity index (χ2v) is 7.29. The SMILES string of the molecule is CCCC1CC(N2CC3CNCC3C2(C)C)CCO1. The third-order valence-corrected chi connectivity index (χ3v) is 5.81. The molecule has 3 heterocycles. The highest BCUT2D eigenvalue weighted by molar-refractivity contribution is 5.06. The fourth-order valence-electron chi connectivity index (χ4n) is 4.74. The van der Waals surface area contributed by atoms with E-state index in [0.29, 0.717) is 11.6 Å². The Bertz CT molecular complexity index is 316. The second-order valence-electron chi connectivity index (χ2n) is 7.29. The number of nitrogens with zero attached hydrogens (tertiary/aromatic N) is 1. The molecule has 110 valence electrons. The number of nitrogens with one attached hydrogen (secondary N) is 1. The number of hydrogen-bond acceptors (Lipinski definition) is 3. The highest BCUT2D eigenvalue weighted by Crippen LogP contribution is 2.43. The number of fused-ring (bicyclic) bond motifs is 1. The fraction of sp³-hybridized carbons (Fsp3) is 1.00. The first-order chi connectivity index (χ1) is 9.13. The van der Waals surface area contributed by atoms with Gasteiger partial charge in [-0.3, -0.25) is 4.90 Å². The van der Waals surface area contributed by atoms with Crippen molar-refractivity contribution in [3.8, 4) is 0 Å². The lowest BCUT2D eigenvalue weighted by Crippen LogP contribution is -2.52. The van der Waals surface area contributed by atoms with Crippen molar-refractivity contribution in [2.24, 2.45) is 11.8 Å². The third kappa shape index (κ3) is 2.45. The van der Waals surface area contributed by atoms with E-state index < -0.39 is 0 Å². The van der Waals surface area contributed by atoms with Crippen LogP contribution >= 0.6 is 0 Å². The van der Waals surface area contributed by atoms with E-state index >= 15 is 0 Å². The van der Waals surface area contributed by atoms with Gasteiger partial charge >= 0.3 is 0 Å². The smallest absolute Gasteiger partial charge is 0.0590 e. The topological polar surface area (TPSA) is 24.5 Å². The van der Waals surface area contributed by atoms with Crippen molar-refractivity contribution in [2.45, 2.75) is 64.1 Å². The molecule has 3 rings (SSSR count). The summed E-state index contributed by atoms with van der Waals surface area (Å²) in [5.74, 6) is 1.72. The molecule has 3 aliphatic heterocycles. The maximum absolute atomic E-state index is 5.93. The predicted molar refractivity (Wildman–Crippen MR) is 78.3 cm³/mol. The Balaban J connectivity index is 1.68. The molecule has 3 fully saturated rings. The lowest BCUT2D eigenvalue weighted by Gasteiger charge is -2.44. The zero-order valence-electron chi connectivity index (χ0n) is 12.8. The lowest BCUT2D eigenvalue weighted by atomic mass is 9.84. The van der Waals surface area contributed by atoms with Crippen LogP contribution in [0.15, 0.2) is 0 Å². The number of ether oxygens (including phenoxy) is 1. The highest BCUT2D eigenvalue weighted by Gasteiger charge is 2.51. The van der Waals surface area contributed by atoms with Gasteiger partial charge in [0.1, 0.15) is 0 Å². The van der Waals surface area contributed by atoms with Crippen LogP contribution in [0.3, 0.4) is 0 Å². The molecule has 1 N–H and O–H groups in total. The van der Waals surface area contributed by atoms with Gasteiger partial charge in [-0.05, 0) is 51.5 Å². The van der Waals surface area contributed by atoms with Gasteiger partial charge in [0.15, 0.2) is 0 Å². The molecule has 3 aliphatic rings. The van der Waals surface area contributed by atoms with Gasteiger partial charge in [-0.15, -0.1) is 0 Å². The van der Waals surface area contributed by atoms with Crippen LogP contribution in [0.1, 0.15) is 46.5 Å². The Hall–Kier alpha value is -0.120. The summed E-state index contributed by atoms with van der Waals surface area (Å²) in [5.41, 5.74) is 0.368. The third-order valence-electron chi connectivity index (χ3n) is 5.81. The minimum absolute atomic E-state index is 0.368. The van der Waals surface area contributed by atoms with E-state index in [1.54, 1.807) is 0 Å². The first-order valence-electron chi connectivity index (χ1n) is 8.22. The van der Waals surface area contributed by atoms with E-state index in [4.69, 9.17) is 4.74 Å². The molecule has 0 bridgehead atoms. The van der Waals surface area contributed by atoms with Crippen LogP contribution in [0.2, 0.25) is 0 Å². The normalized spacial score (nSPS) is 42.5. The largest absolute Gasteiger partial charge is 0.378 e. The lowest BCUT2D eigenvalue weighted by molar-refractivity contribution is -0.0474. The van der Waals surface area contributed by atoms with Crippen molar-refractivity contribution in [2.75, 3.05) is 26.2 Å². The summed E-state index contributed by atoms with van der Waals surface area (Å²) in [6.45, 7) is 11.9. The molecule has 19 heavy (non-hydrogen) atoms. The van der Waals surface area contributed by atoms with E-state index in [-0.39, 0.29) is 0 Å². The van der Waals surface area contributed by atoms with Crippen LogP contribution < -0.4 is 5.32 Å². The van der Waals surface area contributed by atoms with Crippen molar-refractivity contribution in [3.63, 3.8) is 0 Å². The molecule has 3 saturated heterocycles. The maximum Gasteiger partial charge on any atom is 0.0590 e. The molecular weight excluding hydrogens is 236 g/mol. The van der Waals surface area contributed by atoms with Crippen molar-refractivity contribution in [3.05, 3.63) is 0 Å². The van der Waals surface area contributed by atoms with Crippen LogP contribution in [0.5, 0.6) is 0 Å². The van der Waals surface area contributed by atoms with Gasteiger partial charge in [-0.2, -0.15) is 0 Å². The Morgan fingerprint density at radius 1 is 1.32 bits per heavy atom. The van der Waals surface area contributed by atoms with Crippen molar-refractivity contribution >= 4 is 0 Å². The van der Waals surface area contributed by atoms with Gasteiger partial charge in [0.05, 0.1) is 6.10 Å². The molecule has 0 amide bonds. The van der Waals surface area contributed by atoms with Crippen LogP contribution in [0, 0.1) is 11.8 Å². The van der Waals surface area contributed by atoms with Crippen LogP contribution in [0.4, 0.5) is 0 Å². The predicted octanol–water partition coefficient (Wildman–Crippen LogP) is 2.26. The molecule has 0 aromatic carbocycles. The molecule has 0 saturated carbocycles. The summed E-state index contributed by atoms with van der Waals surface area (Å²) >= 11 is 0. The van der Waals surface area contributed by atoms with Crippen LogP contribution in [0.25, 0.3) is 0 Å². The molecule has 4 atom stereocenters. The highest BCUT2D eigenvalue weighted by atomic mass is 16.5. The summed E-state index contributed by atoms with van der Waals surface area (Å²) in [6, 6.07) is 0.755. The summed E-state index contributed by atoms with van der Waals surface area (Å²) in [7, 11) is 0. The average Bonchev–Trinajstić information content (AvgIpc) is 2.93. The molecule has 3 nitrogen and oxygen atoms in total. The summed E-state index contributed by atoms with van der Waals surface area (Å²) in [6.07, 6.45) is 5.48. The van der Waals surface area contributed by atoms with E-state index in [0.717, 1.165) is 24.5 Å². The van der Waals surface area contributed by atoms with Crippen molar-refractivity contribution < 1.29 is 4.74 Å². The monoisotopic (exact) mass is 266 g/mol. The Morgan fingerprint density at radius 2 is 2.16 bits per heavy atom. The van der Waals surface area contributed by atoms with Crippen molar-refractivity contribution in [1.82, 2.24) is 10.2 Å². The van der Waals surface area contributed by atoms with Gasteiger partial charge in [0, 0.05) is 31.3 Å². The van der Waals surface area contributed by atoms with Crippen LogP contribution in [-0.2, 0) is 4.74 Å². The van der Waals surface area contributed by atoms with Gasteiger partial charge in [0.2, 0.25) is 0 Å². The quantitative estimate of drug-likeness (QED) is 0.848. The van der Waals surface area contributed by atoms with E-state index in [1.807, 2.05) is 0 Å². The second kappa shape index (κ2) is 5.34. The summed E-state index contributed by atoms with van der Waals surface area (Å²) < 4.78 is 5.93. The molecule has 0 aliphatic carbocycles. The first kappa shape index (κ1) is 13.8. The van der Waals surface area contributed by atoms with Gasteiger partial charge in [-0.1, -0.05) is 13.3 Å². The number of hydrogen-bond donors (Lipinski definition) is 1. The zero-order valence-corrected chi connectivity index (χ0v) is 12.8. The molecule has 0 spiro atoms. The minimum atomic E-state index is 0.368. The Kier molecular flexibility index (Phi) is 3.89. The fourth-order valence-corrected chi connectivity index (χ4v) is 4.74. The molecule has 0 radical (unpaired) electrons. The average molecular weight is 266 g/mol. The van der Waals surface area contributed by atoms with E-state index in [2.05, 4.69) is 31.0 Å². The zero-order chi connectivity index (χ0) is 13.5. The van der Waals surface area contributed by atoms with E-state index in [9.17, 15) is 0 Å². The Morgan fingerprint density at radius 3 is 2.89 bits per heavy atom. The molecule has 3 heteroatoms. The van der Waals surface area contributed by atoms with Gasteiger partial charge in [0.25, 0.3) is 0 Å². The molecular formula is C16H30N2O. The molecule has 0 aromatic rings. The summed E-state index contributed by atoms with van der Waals surface area (Å²) in [4.78, 5) is 2.83. The Labute approximate surface area is 118 Å². The van der Waals surface area contributed by atoms with Crippen molar-refractivity contribution in [1.29, 1.82) is 0 Å². The number of rotatable bonds is 3. The standard InChI is InChI=1S/C16H30N2O/c1-4-5-14-8-13(6-7-19-14)18-11-12-9-17-10-15(12)16(18,2)3/h12-15,17H,4-11H2,1-3H3. The van der Waals surface area contributed by atoms with E-state index in [1.165, 1.54) is 45.3 Å². The minimum Gasteiger partial charge on any atom is -0.378 e. The van der Waals surface area contributed by atoms with Crippen LogP contribution in [-0.4, -0.2) is 48.8 Å².